The largest absolute Gasteiger partial charge is 0.399 e. The molecular weight excluding hydrogens is 314 g/mol. The Kier molecular flexibility index (Phi) is 5.58. The molecule has 0 spiro atoms. The highest BCUT2D eigenvalue weighted by atomic mass is 14.5. The third-order valence-corrected chi connectivity index (χ3v) is 5.12. The molecule has 0 saturated carbocycles. The van der Waals surface area contributed by atoms with E-state index in [0.29, 0.717) is 0 Å². The van der Waals surface area contributed by atoms with Crippen LogP contribution in [0, 0.1) is 6.92 Å². The predicted octanol–water partition coefficient (Wildman–Crippen LogP) is 6.71. The Morgan fingerprint density at radius 3 is 2.46 bits per heavy atom. The summed E-state index contributed by atoms with van der Waals surface area (Å²) in [7, 11) is 0. The lowest BCUT2D eigenvalue weighted by molar-refractivity contribution is 0.921. The summed E-state index contributed by atoms with van der Waals surface area (Å²) in [6.45, 7) is 6.63. The molecule has 0 aromatic heterocycles. The molecule has 26 heavy (non-hydrogen) atoms. The van der Waals surface area contributed by atoms with Gasteiger partial charge in [-0.2, -0.15) is 0 Å². The summed E-state index contributed by atoms with van der Waals surface area (Å²) < 4.78 is 0. The van der Waals surface area contributed by atoms with E-state index in [1.54, 1.807) is 0 Å². The van der Waals surface area contributed by atoms with Crippen LogP contribution in [-0.4, -0.2) is 0 Å². The molecule has 0 unspecified atom stereocenters. The van der Waals surface area contributed by atoms with Crippen LogP contribution in [0.3, 0.4) is 0 Å². The van der Waals surface area contributed by atoms with Crippen molar-refractivity contribution in [2.75, 3.05) is 5.73 Å². The van der Waals surface area contributed by atoms with Crippen LogP contribution in [0.1, 0.15) is 37.0 Å². The molecular formula is C25H27N. The molecule has 3 aromatic carbocycles. The zero-order valence-corrected chi connectivity index (χ0v) is 15.9. The fourth-order valence-corrected chi connectivity index (χ4v) is 3.16. The van der Waals surface area contributed by atoms with Crippen molar-refractivity contribution < 1.29 is 0 Å². The number of hydrogen-bond donors (Lipinski definition) is 1. The molecule has 3 aromatic rings. The lowest BCUT2D eigenvalue weighted by Gasteiger charge is -2.07. The topological polar surface area (TPSA) is 26.0 Å². The van der Waals surface area contributed by atoms with Gasteiger partial charge in [0, 0.05) is 5.69 Å². The third-order valence-electron chi connectivity index (χ3n) is 5.12. The molecule has 1 heteroatoms. The molecule has 132 valence electrons. The molecule has 3 rings (SSSR count). The quantitative estimate of drug-likeness (QED) is 0.405. The first-order valence-electron chi connectivity index (χ1n) is 9.21. The van der Waals surface area contributed by atoms with Crippen molar-refractivity contribution in [2.45, 2.75) is 33.6 Å². The zero-order chi connectivity index (χ0) is 18.5. The molecule has 0 fully saturated rings. The SMILES string of the molecule is CC(/C=C/c1ccc2cc(N)ccc2c1)=C(/C)CCc1ccccc1C. The van der Waals surface area contributed by atoms with Crippen LogP contribution in [0.25, 0.3) is 16.8 Å². The lowest BCUT2D eigenvalue weighted by Crippen LogP contribution is -1.91. The number of benzene rings is 3. The number of fused-ring (bicyclic) bond motifs is 1. The second-order valence-electron chi connectivity index (χ2n) is 7.09. The summed E-state index contributed by atoms with van der Waals surface area (Å²) in [5.74, 6) is 0. The first-order chi connectivity index (χ1) is 12.5. The van der Waals surface area contributed by atoms with Gasteiger partial charge in [0.2, 0.25) is 0 Å². The number of nitrogen functional groups attached to an aromatic ring is 1. The molecule has 0 aliphatic rings. The van der Waals surface area contributed by atoms with E-state index in [9.17, 15) is 0 Å². The molecule has 1 nitrogen and oxygen atoms in total. The summed E-state index contributed by atoms with van der Waals surface area (Å²) >= 11 is 0. The Bertz CT molecular complexity index is 976. The monoisotopic (exact) mass is 341 g/mol. The Hall–Kier alpha value is -2.80. The molecule has 0 heterocycles. The third kappa shape index (κ3) is 4.43. The van der Waals surface area contributed by atoms with Crippen molar-refractivity contribution in [1.29, 1.82) is 0 Å². The zero-order valence-electron chi connectivity index (χ0n) is 15.9. The van der Waals surface area contributed by atoms with Crippen molar-refractivity contribution in [2.24, 2.45) is 0 Å². The van der Waals surface area contributed by atoms with E-state index in [4.69, 9.17) is 5.73 Å². The van der Waals surface area contributed by atoms with E-state index < -0.39 is 0 Å². The Morgan fingerprint density at radius 2 is 1.65 bits per heavy atom. The molecule has 0 atom stereocenters. The van der Waals surface area contributed by atoms with Gasteiger partial charge in [-0.15, -0.1) is 0 Å². The number of nitrogens with two attached hydrogens (primary N) is 1. The summed E-state index contributed by atoms with van der Waals surface area (Å²) in [6, 6.07) is 21.2. The highest BCUT2D eigenvalue weighted by Crippen LogP contribution is 2.21. The van der Waals surface area contributed by atoms with Crippen LogP contribution in [0.2, 0.25) is 0 Å². The van der Waals surface area contributed by atoms with Crippen LogP contribution in [0.5, 0.6) is 0 Å². The van der Waals surface area contributed by atoms with Gasteiger partial charge in [0.25, 0.3) is 0 Å². The summed E-state index contributed by atoms with van der Waals surface area (Å²) in [5.41, 5.74) is 13.5. The van der Waals surface area contributed by atoms with Crippen molar-refractivity contribution in [3.05, 3.63) is 94.6 Å². The number of rotatable bonds is 5. The van der Waals surface area contributed by atoms with Gasteiger partial charge in [-0.05, 0) is 79.3 Å². The predicted molar refractivity (Wildman–Crippen MR) is 115 cm³/mol. The fourth-order valence-electron chi connectivity index (χ4n) is 3.16. The van der Waals surface area contributed by atoms with Crippen molar-refractivity contribution >= 4 is 22.5 Å². The Labute approximate surface area is 156 Å². The Morgan fingerprint density at radius 1 is 0.923 bits per heavy atom. The summed E-state index contributed by atoms with van der Waals surface area (Å²) in [5, 5.41) is 2.41. The van der Waals surface area contributed by atoms with Gasteiger partial charge in [0.1, 0.15) is 0 Å². The van der Waals surface area contributed by atoms with E-state index in [0.717, 1.165) is 18.5 Å². The molecule has 2 N–H and O–H groups in total. The molecule has 0 aliphatic carbocycles. The highest BCUT2D eigenvalue weighted by Gasteiger charge is 2.00. The van der Waals surface area contributed by atoms with Crippen LogP contribution < -0.4 is 5.73 Å². The maximum Gasteiger partial charge on any atom is 0.0320 e. The standard InChI is InChI=1S/C25H27N/c1-18(19(2)9-12-22-7-5-4-6-20(22)3)8-10-21-11-13-24-17-25(26)15-14-23(24)16-21/h4-8,10-11,13-17H,9,12,26H2,1-3H3/b10-8+,19-18+. The van der Waals surface area contributed by atoms with Crippen LogP contribution in [-0.2, 0) is 6.42 Å². The molecule has 0 aliphatic heterocycles. The van der Waals surface area contributed by atoms with Crippen LogP contribution in [0.15, 0.2) is 77.9 Å². The number of anilines is 1. The number of allylic oxidation sites excluding steroid dienone is 3. The first kappa shape index (κ1) is 18.0. The average Bonchev–Trinajstić information content (AvgIpc) is 2.65. The molecule has 0 saturated heterocycles. The van der Waals surface area contributed by atoms with Gasteiger partial charge in [-0.1, -0.05) is 65.8 Å². The normalized spacial score (nSPS) is 12.6. The van der Waals surface area contributed by atoms with Crippen molar-refractivity contribution in [3.8, 4) is 0 Å². The second kappa shape index (κ2) is 8.05. The number of hydrogen-bond acceptors (Lipinski definition) is 1. The summed E-state index contributed by atoms with van der Waals surface area (Å²) in [6.07, 6.45) is 6.62. The lowest BCUT2D eigenvalue weighted by atomic mass is 9.98. The van der Waals surface area contributed by atoms with Gasteiger partial charge in [0.05, 0.1) is 0 Å². The highest BCUT2D eigenvalue weighted by molar-refractivity contribution is 5.87. The maximum absolute atomic E-state index is 5.85. The van der Waals surface area contributed by atoms with E-state index >= 15 is 0 Å². The second-order valence-corrected chi connectivity index (χ2v) is 7.09. The van der Waals surface area contributed by atoms with Gasteiger partial charge in [-0.3, -0.25) is 0 Å². The minimum absolute atomic E-state index is 0.809. The molecule has 0 bridgehead atoms. The molecule has 0 radical (unpaired) electrons. The smallest absolute Gasteiger partial charge is 0.0320 e. The number of aryl methyl sites for hydroxylation is 2. The van der Waals surface area contributed by atoms with E-state index in [-0.39, 0.29) is 0 Å². The van der Waals surface area contributed by atoms with Crippen LogP contribution in [0.4, 0.5) is 5.69 Å². The van der Waals surface area contributed by atoms with Gasteiger partial charge in [-0.25, -0.2) is 0 Å². The van der Waals surface area contributed by atoms with E-state index in [2.05, 4.69) is 81.5 Å². The first-order valence-corrected chi connectivity index (χ1v) is 9.21. The minimum atomic E-state index is 0.809. The van der Waals surface area contributed by atoms with Gasteiger partial charge >= 0.3 is 0 Å². The van der Waals surface area contributed by atoms with Crippen molar-refractivity contribution in [3.63, 3.8) is 0 Å². The van der Waals surface area contributed by atoms with Crippen LogP contribution >= 0.6 is 0 Å². The maximum atomic E-state index is 5.85. The fraction of sp³-hybridized carbons (Fsp3) is 0.200. The van der Waals surface area contributed by atoms with E-state index in [1.807, 2.05) is 12.1 Å². The van der Waals surface area contributed by atoms with Gasteiger partial charge in [0.15, 0.2) is 0 Å². The van der Waals surface area contributed by atoms with Gasteiger partial charge < -0.3 is 5.73 Å². The summed E-state index contributed by atoms with van der Waals surface area (Å²) in [4.78, 5) is 0. The average molecular weight is 341 g/mol. The molecule has 0 amide bonds. The minimum Gasteiger partial charge on any atom is -0.399 e. The van der Waals surface area contributed by atoms with Crippen molar-refractivity contribution in [1.82, 2.24) is 0 Å². The Balaban J connectivity index is 1.71. The van der Waals surface area contributed by atoms with E-state index in [1.165, 1.54) is 38.6 Å².